The second kappa shape index (κ2) is 16.4. The van der Waals surface area contributed by atoms with Crippen LogP contribution < -0.4 is 4.74 Å². The summed E-state index contributed by atoms with van der Waals surface area (Å²) in [6.45, 7) is 18.7. The number of ether oxygens (including phenoxy) is 4. The Hall–Kier alpha value is -4.35. The van der Waals surface area contributed by atoms with Gasteiger partial charge in [0.15, 0.2) is 0 Å². The number of hydrogen-bond acceptors (Lipinski definition) is 9. The van der Waals surface area contributed by atoms with Crippen LogP contribution in [0.15, 0.2) is 42.5 Å². The molecule has 1 atom stereocenters. The van der Waals surface area contributed by atoms with Crippen molar-refractivity contribution >= 4 is 52.3 Å². The molecular weight excluding hydrogens is 743 g/mol. The number of hydrogen-bond donors (Lipinski definition) is 0. The minimum absolute atomic E-state index is 0.108. The third-order valence-electron chi connectivity index (χ3n) is 9.61. The van der Waals surface area contributed by atoms with Gasteiger partial charge in [0.05, 0.1) is 40.3 Å². The summed E-state index contributed by atoms with van der Waals surface area (Å²) in [5, 5.41) is 9.39. The first-order chi connectivity index (χ1) is 25.7. The van der Waals surface area contributed by atoms with Crippen molar-refractivity contribution in [2.45, 2.75) is 112 Å². The van der Waals surface area contributed by atoms with Crippen LogP contribution in [0.5, 0.6) is 5.75 Å². The van der Waals surface area contributed by atoms with Gasteiger partial charge >= 0.3 is 18.0 Å². The molecule has 0 aliphatic carbocycles. The largest absolute Gasteiger partial charge is 0.493 e. The molecule has 5 rings (SSSR count). The Morgan fingerprint density at radius 2 is 1.55 bits per heavy atom. The Morgan fingerprint density at radius 3 is 2.18 bits per heavy atom. The van der Waals surface area contributed by atoms with Gasteiger partial charge in [-0.1, -0.05) is 52.7 Å². The molecule has 0 radical (unpaired) electrons. The van der Waals surface area contributed by atoms with E-state index in [2.05, 4.69) is 34.6 Å². The standard InChI is InChI=1S/C42H52Cl2N4O7/c1-25-30(35(42(8,9)38(50)52-10)27-14-13-26-17-19-47(24-28(26)21-27)39(51)55-41(5,6)7)15-16-33-36(25)45-46-48(33)18-11-12-20-53-29-22-31(43)34(32(44)23-29)37(49)54-40(2,3)4/h13-16,21-23,35H,11-12,17-20,24H2,1-10H3. The number of benzene rings is 3. The van der Waals surface area contributed by atoms with Gasteiger partial charge in [-0.2, -0.15) is 0 Å². The van der Waals surface area contributed by atoms with Crippen LogP contribution in [0.4, 0.5) is 4.79 Å². The van der Waals surface area contributed by atoms with Gasteiger partial charge in [-0.25, -0.2) is 14.3 Å². The molecule has 11 nitrogen and oxygen atoms in total. The molecule has 3 aromatic carbocycles. The summed E-state index contributed by atoms with van der Waals surface area (Å²) in [4.78, 5) is 40.6. The van der Waals surface area contributed by atoms with Crippen LogP contribution in [0.2, 0.25) is 10.0 Å². The number of nitrogens with zero attached hydrogens (tertiary/aromatic N) is 4. The van der Waals surface area contributed by atoms with Crippen molar-refractivity contribution in [2.24, 2.45) is 5.41 Å². The van der Waals surface area contributed by atoms with Crippen LogP contribution in [0.25, 0.3) is 11.0 Å². The smallest absolute Gasteiger partial charge is 0.410 e. The summed E-state index contributed by atoms with van der Waals surface area (Å²) in [6.07, 6.45) is 1.84. The highest BCUT2D eigenvalue weighted by molar-refractivity contribution is 6.39. The number of carbonyl (C=O) groups is 3. The van der Waals surface area contributed by atoms with E-state index in [1.807, 2.05) is 52.3 Å². The molecule has 2 heterocycles. The Balaban J connectivity index is 1.32. The maximum atomic E-state index is 13.4. The van der Waals surface area contributed by atoms with Crippen molar-refractivity contribution in [1.29, 1.82) is 0 Å². The topological polar surface area (TPSA) is 122 Å². The maximum Gasteiger partial charge on any atom is 0.410 e. The zero-order valence-corrected chi connectivity index (χ0v) is 35.0. The number of fused-ring (bicyclic) bond motifs is 2. The Labute approximate surface area is 333 Å². The average molecular weight is 796 g/mol. The van der Waals surface area contributed by atoms with Gasteiger partial charge in [-0.3, -0.25) is 4.79 Å². The molecule has 296 valence electrons. The van der Waals surface area contributed by atoms with Crippen LogP contribution in [-0.2, 0) is 38.5 Å². The first kappa shape index (κ1) is 41.8. The first-order valence-electron chi connectivity index (χ1n) is 18.6. The van der Waals surface area contributed by atoms with Crippen molar-refractivity contribution in [3.63, 3.8) is 0 Å². The fourth-order valence-corrected chi connectivity index (χ4v) is 7.60. The van der Waals surface area contributed by atoms with E-state index in [4.69, 9.17) is 42.1 Å². The van der Waals surface area contributed by atoms with Gasteiger partial charge in [0.2, 0.25) is 0 Å². The molecule has 4 aromatic rings. The summed E-state index contributed by atoms with van der Waals surface area (Å²) in [5.74, 6) is -0.847. The van der Waals surface area contributed by atoms with Crippen LogP contribution in [0.1, 0.15) is 112 Å². The molecular formula is C42H52Cl2N4O7. The number of aromatic nitrogens is 3. The van der Waals surface area contributed by atoms with E-state index in [9.17, 15) is 14.4 Å². The molecule has 0 saturated heterocycles. The lowest BCUT2D eigenvalue weighted by Crippen LogP contribution is -2.40. The van der Waals surface area contributed by atoms with Crippen LogP contribution >= 0.6 is 23.2 Å². The average Bonchev–Trinajstić information content (AvgIpc) is 3.50. The predicted octanol–water partition coefficient (Wildman–Crippen LogP) is 9.49. The molecule has 0 spiro atoms. The molecule has 0 fully saturated rings. The molecule has 1 aliphatic rings. The van der Waals surface area contributed by atoms with Crippen LogP contribution in [-0.4, -0.2) is 69.4 Å². The minimum atomic E-state index is -0.943. The molecule has 1 aromatic heterocycles. The lowest BCUT2D eigenvalue weighted by atomic mass is 9.69. The number of esters is 2. The molecule has 55 heavy (non-hydrogen) atoms. The molecule has 0 saturated carbocycles. The second-order valence-electron chi connectivity index (χ2n) is 16.6. The second-order valence-corrected chi connectivity index (χ2v) is 17.4. The summed E-state index contributed by atoms with van der Waals surface area (Å²) in [5.41, 5.74) is 4.53. The van der Waals surface area contributed by atoms with Gasteiger partial charge in [-0.05, 0) is 128 Å². The number of aryl methyl sites for hydroxylation is 2. The molecule has 1 amide bonds. The number of halogens is 2. The monoisotopic (exact) mass is 794 g/mol. The van der Waals surface area contributed by atoms with E-state index in [1.54, 1.807) is 37.8 Å². The Morgan fingerprint density at radius 1 is 0.873 bits per heavy atom. The number of methoxy groups -OCH3 is 1. The van der Waals surface area contributed by atoms with E-state index in [0.717, 1.165) is 39.7 Å². The van der Waals surface area contributed by atoms with Crippen molar-refractivity contribution in [2.75, 3.05) is 20.3 Å². The zero-order valence-electron chi connectivity index (χ0n) is 33.5. The molecule has 1 unspecified atom stereocenters. The highest BCUT2D eigenvalue weighted by Gasteiger charge is 2.41. The van der Waals surface area contributed by atoms with Gasteiger partial charge in [0.1, 0.15) is 22.5 Å². The van der Waals surface area contributed by atoms with Crippen LogP contribution in [0.3, 0.4) is 0 Å². The van der Waals surface area contributed by atoms with Gasteiger partial charge < -0.3 is 23.8 Å². The fraction of sp³-hybridized carbons (Fsp3) is 0.500. The summed E-state index contributed by atoms with van der Waals surface area (Å²) in [7, 11) is 1.41. The predicted molar refractivity (Wildman–Crippen MR) is 213 cm³/mol. The highest BCUT2D eigenvalue weighted by atomic mass is 35.5. The Kier molecular flexibility index (Phi) is 12.5. The summed E-state index contributed by atoms with van der Waals surface area (Å²) >= 11 is 12.8. The molecule has 1 aliphatic heterocycles. The molecule has 0 N–H and O–H groups in total. The van der Waals surface area contributed by atoms with Crippen molar-refractivity contribution in [3.8, 4) is 5.75 Å². The first-order valence-corrected chi connectivity index (χ1v) is 19.3. The zero-order chi connectivity index (χ0) is 40.5. The van der Waals surface area contributed by atoms with E-state index in [0.29, 0.717) is 44.8 Å². The lowest BCUT2D eigenvalue weighted by molar-refractivity contribution is -0.151. The van der Waals surface area contributed by atoms with Gasteiger partial charge in [-0.15, -0.1) is 5.10 Å². The van der Waals surface area contributed by atoms with Gasteiger partial charge in [0.25, 0.3) is 0 Å². The summed E-state index contributed by atoms with van der Waals surface area (Å²) in [6, 6.07) is 13.5. The van der Waals surface area contributed by atoms with Gasteiger partial charge in [0, 0.05) is 25.6 Å². The SMILES string of the molecule is COC(=O)C(C)(C)C(c1ccc2c(c1)CN(C(=O)OC(C)(C)C)CC2)c1ccc2c(nnn2CCCCOc2cc(Cl)c(C(=O)OC(C)(C)C)c(Cl)c2)c1C. The van der Waals surface area contributed by atoms with E-state index in [1.165, 1.54) is 12.7 Å². The normalized spacial score (nSPS) is 14.0. The highest BCUT2D eigenvalue weighted by Crippen LogP contribution is 2.45. The maximum absolute atomic E-state index is 13.4. The van der Waals surface area contributed by atoms with E-state index < -0.39 is 22.6 Å². The molecule has 0 bridgehead atoms. The van der Waals surface area contributed by atoms with Crippen LogP contribution in [0, 0.1) is 12.3 Å². The van der Waals surface area contributed by atoms with Crippen molar-refractivity contribution in [1.82, 2.24) is 19.9 Å². The minimum Gasteiger partial charge on any atom is -0.493 e. The Bertz CT molecular complexity index is 2060. The van der Waals surface area contributed by atoms with Crippen molar-refractivity contribution in [3.05, 3.63) is 85.9 Å². The van der Waals surface area contributed by atoms with E-state index in [-0.39, 0.29) is 33.6 Å². The lowest BCUT2D eigenvalue weighted by Gasteiger charge is -2.35. The summed E-state index contributed by atoms with van der Waals surface area (Å²) < 4.78 is 24.2. The van der Waals surface area contributed by atoms with E-state index >= 15 is 0 Å². The molecule has 13 heteroatoms. The fourth-order valence-electron chi connectivity index (χ4n) is 6.98. The quantitative estimate of drug-likeness (QED) is 0.0830. The number of unbranched alkanes of at least 4 members (excludes halogenated alkanes) is 1. The number of amides is 1. The number of carbonyl (C=O) groups excluding carboxylic acids is 3. The third kappa shape index (κ3) is 9.73. The van der Waals surface area contributed by atoms with Crippen molar-refractivity contribution < 1.29 is 33.3 Å². The third-order valence-corrected chi connectivity index (χ3v) is 10.2. The number of rotatable bonds is 11.